The predicted molar refractivity (Wildman–Crippen MR) is 120 cm³/mol. The number of benzene rings is 1. The molecule has 0 aliphatic rings. The molecular weight excluding hydrogens is 346 g/mol. The third-order valence-corrected chi connectivity index (χ3v) is 5.21. The standard InChI is InChI=1S/C25H43NO2/c1-3-4-5-6-7-8-9-10-11-12-13-14-15-16-20-26-25(27)22-28-24-19-17-18-23(2)21-24/h17-19,21H,3-16,20,22H2,1-2H3,(H,26,27). The zero-order valence-electron chi connectivity index (χ0n) is 18.4. The quantitative estimate of drug-likeness (QED) is 0.275. The lowest BCUT2D eigenvalue weighted by atomic mass is 10.0. The zero-order chi connectivity index (χ0) is 20.3. The van der Waals surface area contributed by atoms with E-state index in [1.807, 2.05) is 31.2 Å². The van der Waals surface area contributed by atoms with Crippen molar-refractivity contribution in [2.24, 2.45) is 0 Å². The molecule has 0 bridgehead atoms. The van der Waals surface area contributed by atoms with E-state index in [9.17, 15) is 4.79 Å². The van der Waals surface area contributed by atoms with Crippen LogP contribution in [0.3, 0.4) is 0 Å². The Morgan fingerprint density at radius 3 is 1.89 bits per heavy atom. The summed E-state index contributed by atoms with van der Waals surface area (Å²) < 4.78 is 5.51. The Labute approximate surface area is 173 Å². The van der Waals surface area contributed by atoms with E-state index >= 15 is 0 Å². The molecule has 3 heteroatoms. The van der Waals surface area contributed by atoms with Gasteiger partial charge in [0.15, 0.2) is 6.61 Å². The molecule has 160 valence electrons. The number of carbonyl (C=O) groups is 1. The number of carbonyl (C=O) groups excluding carboxylic acids is 1. The monoisotopic (exact) mass is 389 g/mol. The Hall–Kier alpha value is -1.51. The van der Waals surface area contributed by atoms with E-state index in [1.165, 1.54) is 83.5 Å². The van der Waals surface area contributed by atoms with E-state index in [4.69, 9.17) is 4.74 Å². The van der Waals surface area contributed by atoms with Gasteiger partial charge >= 0.3 is 0 Å². The number of ether oxygens (including phenoxy) is 1. The van der Waals surface area contributed by atoms with Crippen molar-refractivity contribution < 1.29 is 9.53 Å². The van der Waals surface area contributed by atoms with Crippen LogP contribution in [0.2, 0.25) is 0 Å². The van der Waals surface area contributed by atoms with Gasteiger partial charge in [0.2, 0.25) is 0 Å². The number of nitrogens with one attached hydrogen (secondary N) is 1. The maximum Gasteiger partial charge on any atom is 0.257 e. The molecule has 3 nitrogen and oxygen atoms in total. The number of hydrogen-bond acceptors (Lipinski definition) is 2. The summed E-state index contributed by atoms with van der Waals surface area (Å²) in [6.45, 7) is 5.15. The lowest BCUT2D eigenvalue weighted by Gasteiger charge is -2.08. The van der Waals surface area contributed by atoms with E-state index in [1.54, 1.807) is 0 Å². The van der Waals surface area contributed by atoms with Crippen LogP contribution < -0.4 is 10.1 Å². The highest BCUT2D eigenvalue weighted by molar-refractivity contribution is 5.77. The second-order valence-electron chi connectivity index (χ2n) is 8.05. The summed E-state index contributed by atoms with van der Waals surface area (Å²) in [7, 11) is 0. The summed E-state index contributed by atoms with van der Waals surface area (Å²) in [5.41, 5.74) is 1.14. The van der Waals surface area contributed by atoms with Crippen molar-refractivity contribution in [1.82, 2.24) is 5.32 Å². The summed E-state index contributed by atoms with van der Waals surface area (Å²) >= 11 is 0. The van der Waals surface area contributed by atoms with Gasteiger partial charge in [-0.1, -0.05) is 103 Å². The van der Waals surface area contributed by atoms with Crippen molar-refractivity contribution in [3.63, 3.8) is 0 Å². The third kappa shape index (κ3) is 14.5. The maximum absolute atomic E-state index is 11.8. The summed E-state index contributed by atoms with van der Waals surface area (Å²) in [5.74, 6) is 0.725. The molecule has 0 radical (unpaired) electrons. The highest BCUT2D eigenvalue weighted by atomic mass is 16.5. The van der Waals surface area contributed by atoms with Crippen LogP contribution in [0.25, 0.3) is 0 Å². The molecule has 0 aliphatic heterocycles. The molecule has 0 aliphatic carbocycles. The van der Waals surface area contributed by atoms with Crippen molar-refractivity contribution in [2.75, 3.05) is 13.2 Å². The first-order valence-electron chi connectivity index (χ1n) is 11.7. The molecule has 1 rings (SSSR count). The van der Waals surface area contributed by atoms with E-state index in [0.717, 1.165) is 24.3 Å². The predicted octanol–water partition coefficient (Wildman–Crippen LogP) is 6.97. The minimum atomic E-state index is -0.0313. The summed E-state index contributed by atoms with van der Waals surface area (Å²) in [5, 5.41) is 2.95. The van der Waals surface area contributed by atoms with Gasteiger partial charge in [-0.3, -0.25) is 4.79 Å². The first-order valence-corrected chi connectivity index (χ1v) is 11.7. The Morgan fingerprint density at radius 2 is 1.36 bits per heavy atom. The molecule has 0 saturated carbocycles. The van der Waals surface area contributed by atoms with Crippen LogP contribution in [0.1, 0.15) is 102 Å². The smallest absolute Gasteiger partial charge is 0.257 e. The van der Waals surface area contributed by atoms with Crippen LogP contribution in [0.15, 0.2) is 24.3 Å². The summed E-state index contributed by atoms with van der Waals surface area (Å²) in [6.07, 6.45) is 18.9. The van der Waals surface area contributed by atoms with Crippen molar-refractivity contribution in [1.29, 1.82) is 0 Å². The maximum atomic E-state index is 11.8. The van der Waals surface area contributed by atoms with Gasteiger partial charge in [0.05, 0.1) is 0 Å². The Bertz CT molecular complexity index is 501. The third-order valence-electron chi connectivity index (χ3n) is 5.21. The number of amides is 1. The molecule has 0 spiro atoms. The number of rotatable bonds is 18. The van der Waals surface area contributed by atoms with Gasteiger partial charge in [0, 0.05) is 6.54 Å². The molecule has 0 unspecified atom stereocenters. The molecule has 1 N–H and O–H groups in total. The Kier molecular flexibility index (Phi) is 15.4. The summed E-state index contributed by atoms with van der Waals surface area (Å²) in [6, 6.07) is 7.79. The average molecular weight is 390 g/mol. The molecule has 0 atom stereocenters. The lowest BCUT2D eigenvalue weighted by Crippen LogP contribution is -2.29. The van der Waals surface area contributed by atoms with Gasteiger partial charge in [-0.05, 0) is 31.0 Å². The highest BCUT2D eigenvalue weighted by Gasteiger charge is 2.02. The van der Waals surface area contributed by atoms with Crippen molar-refractivity contribution in [3.05, 3.63) is 29.8 Å². The normalized spacial score (nSPS) is 10.8. The largest absolute Gasteiger partial charge is 0.484 e. The Morgan fingerprint density at radius 1 is 0.821 bits per heavy atom. The second kappa shape index (κ2) is 17.6. The minimum Gasteiger partial charge on any atom is -0.484 e. The van der Waals surface area contributed by atoms with Gasteiger partial charge in [0.1, 0.15) is 5.75 Å². The molecule has 1 amide bonds. The lowest BCUT2D eigenvalue weighted by molar-refractivity contribution is -0.123. The van der Waals surface area contributed by atoms with Gasteiger partial charge in [0.25, 0.3) is 5.91 Å². The zero-order valence-corrected chi connectivity index (χ0v) is 18.4. The Balaban J connectivity index is 1.80. The van der Waals surface area contributed by atoms with Crippen LogP contribution in [-0.2, 0) is 4.79 Å². The van der Waals surface area contributed by atoms with Gasteiger partial charge in [-0.25, -0.2) is 0 Å². The first kappa shape index (κ1) is 24.5. The number of hydrogen-bond donors (Lipinski definition) is 1. The fourth-order valence-electron chi connectivity index (χ4n) is 3.45. The van der Waals surface area contributed by atoms with Crippen LogP contribution in [-0.4, -0.2) is 19.1 Å². The highest BCUT2D eigenvalue weighted by Crippen LogP contribution is 2.13. The summed E-state index contributed by atoms with van der Waals surface area (Å²) in [4.78, 5) is 11.8. The van der Waals surface area contributed by atoms with Gasteiger partial charge < -0.3 is 10.1 Å². The van der Waals surface area contributed by atoms with E-state index in [-0.39, 0.29) is 12.5 Å². The van der Waals surface area contributed by atoms with Gasteiger partial charge in [-0.2, -0.15) is 0 Å². The number of aryl methyl sites for hydroxylation is 1. The van der Waals surface area contributed by atoms with Crippen molar-refractivity contribution in [2.45, 2.75) is 104 Å². The first-order chi connectivity index (χ1) is 13.7. The van der Waals surface area contributed by atoms with Gasteiger partial charge in [-0.15, -0.1) is 0 Å². The average Bonchev–Trinajstić information content (AvgIpc) is 2.69. The van der Waals surface area contributed by atoms with Crippen LogP contribution in [0.4, 0.5) is 0 Å². The fourth-order valence-corrected chi connectivity index (χ4v) is 3.45. The molecule has 1 aromatic rings. The van der Waals surface area contributed by atoms with Crippen molar-refractivity contribution in [3.8, 4) is 5.75 Å². The van der Waals surface area contributed by atoms with E-state index in [2.05, 4.69) is 12.2 Å². The minimum absolute atomic E-state index is 0.0313. The fraction of sp³-hybridized carbons (Fsp3) is 0.720. The number of unbranched alkanes of at least 4 members (excludes halogenated alkanes) is 13. The van der Waals surface area contributed by atoms with Crippen LogP contribution >= 0.6 is 0 Å². The topological polar surface area (TPSA) is 38.3 Å². The van der Waals surface area contributed by atoms with Crippen LogP contribution in [0, 0.1) is 6.92 Å². The molecule has 28 heavy (non-hydrogen) atoms. The SMILES string of the molecule is CCCCCCCCCCCCCCCCNC(=O)COc1cccc(C)c1. The molecule has 0 saturated heterocycles. The van der Waals surface area contributed by atoms with E-state index in [0.29, 0.717) is 0 Å². The molecule has 0 fully saturated rings. The molecule has 0 heterocycles. The van der Waals surface area contributed by atoms with Crippen LogP contribution in [0.5, 0.6) is 5.75 Å². The van der Waals surface area contributed by atoms with Crippen molar-refractivity contribution >= 4 is 5.91 Å². The molecular formula is C25H43NO2. The molecule has 1 aromatic carbocycles. The molecule has 0 aromatic heterocycles. The van der Waals surface area contributed by atoms with E-state index < -0.39 is 0 Å². The second-order valence-corrected chi connectivity index (χ2v) is 8.05.